The van der Waals surface area contributed by atoms with Crippen LogP contribution in [0, 0.1) is 13.8 Å². The minimum Gasteiger partial charge on any atom is -0.462 e. The molecule has 0 spiro atoms. The maximum Gasteiger partial charge on any atom is 0.340 e. The van der Waals surface area contributed by atoms with E-state index < -0.39 is 16.2 Å². The summed E-state index contributed by atoms with van der Waals surface area (Å²) < 4.78 is 34.1. The Labute approximate surface area is 178 Å². The van der Waals surface area contributed by atoms with Gasteiger partial charge in [-0.25, -0.2) is 4.79 Å². The molecule has 0 unspecified atom stereocenters. The molecule has 168 valence electrons. The highest BCUT2D eigenvalue weighted by Crippen LogP contribution is 2.22. The summed E-state index contributed by atoms with van der Waals surface area (Å²) in [6.07, 6.45) is 3.92. The molecule has 10 heteroatoms. The zero-order valence-electron chi connectivity index (χ0n) is 18.1. The summed E-state index contributed by atoms with van der Waals surface area (Å²) in [5.74, 6) is -0.672. The van der Waals surface area contributed by atoms with Crippen molar-refractivity contribution < 1.29 is 22.7 Å². The Morgan fingerprint density at radius 3 is 2.07 bits per heavy atom. The molecule has 0 radical (unpaired) electrons. The predicted molar refractivity (Wildman–Crippen MR) is 113 cm³/mol. The van der Waals surface area contributed by atoms with Crippen LogP contribution in [0.25, 0.3) is 0 Å². The van der Waals surface area contributed by atoms with Crippen molar-refractivity contribution in [3.05, 3.63) is 22.5 Å². The summed E-state index contributed by atoms with van der Waals surface area (Å²) in [5, 5.41) is 0. The Morgan fingerprint density at radius 2 is 1.50 bits per heavy atom. The molecular formula is C20H32N4O5S. The van der Waals surface area contributed by atoms with E-state index >= 15 is 0 Å². The van der Waals surface area contributed by atoms with Gasteiger partial charge in [0, 0.05) is 45.0 Å². The number of carbonyl (C=O) groups excluding carboxylic acids is 2. The van der Waals surface area contributed by atoms with Gasteiger partial charge in [-0.2, -0.15) is 17.0 Å². The van der Waals surface area contributed by atoms with Gasteiger partial charge in [-0.3, -0.25) is 4.79 Å². The second-order valence-electron chi connectivity index (χ2n) is 7.86. The van der Waals surface area contributed by atoms with Crippen molar-refractivity contribution in [2.75, 3.05) is 45.9 Å². The molecule has 1 N–H and O–H groups in total. The normalized spacial score (nSPS) is 19.5. The van der Waals surface area contributed by atoms with Crippen molar-refractivity contribution in [3.63, 3.8) is 0 Å². The number of aromatic amines is 1. The average Bonchev–Trinajstić information content (AvgIpc) is 2.90. The number of H-pyrrole nitrogens is 1. The monoisotopic (exact) mass is 440 g/mol. The summed E-state index contributed by atoms with van der Waals surface area (Å²) in [5.41, 5.74) is 1.91. The maximum absolute atomic E-state index is 13.0. The molecule has 0 saturated carbocycles. The Bertz CT molecular complexity index is 879. The van der Waals surface area contributed by atoms with E-state index in [1.54, 1.807) is 30.0 Å². The van der Waals surface area contributed by atoms with Crippen LogP contribution in [0.3, 0.4) is 0 Å². The number of piperazine rings is 1. The standard InChI is InChI=1S/C20H32N4O5S/c1-4-29-20(26)17-15(2)18(21-16(17)3)19(25)22-11-13-24(14-12-22)30(27,28)23-9-7-5-6-8-10-23/h21H,4-14H2,1-3H3. The summed E-state index contributed by atoms with van der Waals surface area (Å²) in [6, 6.07) is 0. The SMILES string of the molecule is CCOC(=O)c1c(C)[nH]c(C(=O)N2CCN(S(=O)(=O)N3CCCCCC3)CC2)c1C. The number of nitrogens with one attached hydrogen (secondary N) is 1. The number of aromatic nitrogens is 1. The number of carbonyl (C=O) groups is 2. The molecule has 3 rings (SSSR count). The fourth-order valence-electron chi connectivity index (χ4n) is 4.19. The Kier molecular flexibility index (Phi) is 7.20. The van der Waals surface area contributed by atoms with Crippen LogP contribution in [0.4, 0.5) is 0 Å². The van der Waals surface area contributed by atoms with Gasteiger partial charge in [0.15, 0.2) is 0 Å². The van der Waals surface area contributed by atoms with Gasteiger partial charge in [0.1, 0.15) is 5.69 Å². The molecule has 2 fully saturated rings. The molecule has 2 aliphatic rings. The van der Waals surface area contributed by atoms with E-state index in [1.165, 1.54) is 4.31 Å². The van der Waals surface area contributed by atoms with Crippen LogP contribution in [0.15, 0.2) is 0 Å². The first-order chi connectivity index (χ1) is 14.3. The number of hydrogen-bond donors (Lipinski definition) is 1. The largest absolute Gasteiger partial charge is 0.462 e. The first-order valence-electron chi connectivity index (χ1n) is 10.7. The number of esters is 1. The topological polar surface area (TPSA) is 103 Å². The first kappa shape index (κ1) is 22.8. The molecule has 0 aliphatic carbocycles. The fourth-order valence-corrected chi connectivity index (χ4v) is 5.86. The lowest BCUT2D eigenvalue weighted by Gasteiger charge is -2.36. The van der Waals surface area contributed by atoms with Gasteiger partial charge in [-0.15, -0.1) is 0 Å². The zero-order valence-corrected chi connectivity index (χ0v) is 18.9. The van der Waals surface area contributed by atoms with E-state index in [2.05, 4.69) is 4.98 Å². The van der Waals surface area contributed by atoms with Crippen molar-refractivity contribution in [1.29, 1.82) is 0 Å². The van der Waals surface area contributed by atoms with Crippen LogP contribution in [0.2, 0.25) is 0 Å². The van der Waals surface area contributed by atoms with Crippen molar-refractivity contribution in [3.8, 4) is 0 Å². The van der Waals surface area contributed by atoms with Gasteiger partial charge in [0.05, 0.1) is 12.2 Å². The lowest BCUT2D eigenvalue weighted by atomic mass is 10.1. The minimum atomic E-state index is -3.49. The number of rotatable bonds is 5. The van der Waals surface area contributed by atoms with Crippen molar-refractivity contribution >= 4 is 22.1 Å². The molecule has 2 saturated heterocycles. The number of hydrogen-bond acceptors (Lipinski definition) is 5. The smallest absolute Gasteiger partial charge is 0.340 e. The summed E-state index contributed by atoms with van der Waals surface area (Å²) >= 11 is 0. The highest BCUT2D eigenvalue weighted by molar-refractivity contribution is 7.86. The van der Waals surface area contributed by atoms with Crippen molar-refractivity contribution in [2.24, 2.45) is 0 Å². The third-order valence-corrected chi connectivity index (χ3v) is 7.91. The summed E-state index contributed by atoms with van der Waals surface area (Å²) in [6.45, 7) is 7.78. The van der Waals surface area contributed by atoms with E-state index in [-0.39, 0.29) is 25.6 Å². The lowest BCUT2D eigenvalue weighted by molar-refractivity contribution is 0.0525. The highest BCUT2D eigenvalue weighted by atomic mass is 32.2. The number of amides is 1. The van der Waals surface area contributed by atoms with E-state index in [0.717, 1.165) is 25.7 Å². The molecule has 2 aliphatic heterocycles. The Balaban J connectivity index is 1.67. The second kappa shape index (κ2) is 9.49. The average molecular weight is 441 g/mol. The fraction of sp³-hybridized carbons (Fsp3) is 0.700. The van der Waals surface area contributed by atoms with Gasteiger partial charge in [-0.1, -0.05) is 12.8 Å². The van der Waals surface area contributed by atoms with Gasteiger partial charge in [-0.05, 0) is 39.2 Å². The molecule has 0 bridgehead atoms. The van der Waals surface area contributed by atoms with Gasteiger partial charge < -0.3 is 14.6 Å². The molecule has 0 atom stereocenters. The van der Waals surface area contributed by atoms with Crippen LogP contribution in [0.5, 0.6) is 0 Å². The first-order valence-corrected chi connectivity index (χ1v) is 12.1. The van der Waals surface area contributed by atoms with E-state index in [9.17, 15) is 18.0 Å². The zero-order chi connectivity index (χ0) is 21.9. The maximum atomic E-state index is 13.0. The lowest BCUT2D eigenvalue weighted by Crippen LogP contribution is -2.54. The van der Waals surface area contributed by atoms with Crippen LogP contribution in [-0.2, 0) is 14.9 Å². The molecule has 0 aromatic carbocycles. The third-order valence-electron chi connectivity index (χ3n) is 5.87. The van der Waals surface area contributed by atoms with Crippen LogP contribution in [-0.4, -0.2) is 84.7 Å². The quantitative estimate of drug-likeness (QED) is 0.702. The number of aryl methyl sites for hydroxylation is 1. The van der Waals surface area contributed by atoms with Crippen LogP contribution in [0.1, 0.15) is 64.7 Å². The van der Waals surface area contributed by atoms with Gasteiger partial charge in [0.2, 0.25) is 0 Å². The molecule has 3 heterocycles. The van der Waals surface area contributed by atoms with E-state index in [1.807, 2.05) is 0 Å². The van der Waals surface area contributed by atoms with Crippen LogP contribution < -0.4 is 0 Å². The number of nitrogens with zero attached hydrogens (tertiary/aromatic N) is 3. The van der Waals surface area contributed by atoms with E-state index in [4.69, 9.17) is 4.74 Å². The summed E-state index contributed by atoms with van der Waals surface area (Å²) in [4.78, 5) is 29.9. The number of ether oxygens (including phenoxy) is 1. The third kappa shape index (κ3) is 4.55. The summed E-state index contributed by atoms with van der Waals surface area (Å²) in [7, 11) is -3.49. The predicted octanol–water partition coefficient (Wildman–Crippen LogP) is 1.69. The molecule has 30 heavy (non-hydrogen) atoms. The van der Waals surface area contributed by atoms with Crippen LogP contribution >= 0.6 is 0 Å². The molecule has 9 nitrogen and oxygen atoms in total. The Morgan fingerprint density at radius 1 is 0.933 bits per heavy atom. The second-order valence-corrected chi connectivity index (χ2v) is 9.79. The molecular weight excluding hydrogens is 408 g/mol. The highest BCUT2D eigenvalue weighted by Gasteiger charge is 2.35. The minimum absolute atomic E-state index is 0.224. The van der Waals surface area contributed by atoms with E-state index in [0.29, 0.717) is 48.7 Å². The van der Waals surface area contributed by atoms with Crippen molar-refractivity contribution in [2.45, 2.75) is 46.5 Å². The van der Waals surface area contributed by atoms with Gasteiger partial charge >= 0.3 is 5.97 Å². The molecule has 1 amide bonds. The molecule has 1 aromatic heterocycles. The molecule has 1 aromatic rings. The van der Waals surface area contributed by atoms with Crippen molar-refractivity contribution in [1.82, 2.24) is 18.5 Å². The van der Waals surface area contributed by atoms with Gasteiger partial charge in [0.25, 0.3) is 16.1 Å². The Hall–Kier alpha value is -1.91.